The predicted molar refractivity (Wildman–Crippen MR) is 72.6 cm³/mol. The largest absolute Gasteiger partial charge is 0.387 e. The Morgan fingerprint density at radius 1 is 1.11 bits per heavy atom. The minimum atomic E-state index is 0.881. The number of allylic oxidation sites excluding steroid dienone is 2. The molecular formula is C15H13N3. The molecule has 3 heterocycles. The van der Waals surface area contributed by atoms with Crippen molar-refractivity contribution < 1.29 is 0 Å². The second-order valence-electron chi connectivity index (χ2n) is 4.08. The molecule has 0 amide bonds. The van der Waals surface area contributed by atoms with E-state index in [9.17, 15) is 0 Å². The maximum Gasteiger partial charge on any atom is 0.0722 e. The maximum atomic E-state index is 4.41. The van der Waals surface area contributed by atoms with Gasteiger partial charge in [0.25, 0.3) is 0 Å². The van der Waals surface area contributed by atoms with Crippen molar-refractivity contribution in [1.82, 2.24) is 15.3 Å². The SMILES string of the molecule is C1=CC(c2cc(-c3cccnc3)ccn2)=CNC1. The molecule has 0 saturated carbocycles. The highest BCUT2D eigenvalue weighted by Gasteiger charge is 2.04. The standard InChI is InChI=1S/C15H13N3/c1-3-13(10-16-6-1)12-5-8-18-15(9-12)14-4-2-7-17-11-14/h1-6,8-11,17H,7H2. The molecule has 88 valence electrons. The van der Waals surface area contributed by atoms with E-state index in [0.717, 1.165) is 28.9 Å². The van der Waals surface area contributed by atoms with Gasteiger partial charge in [-0.15, -0.1) is 0 Å². The van der Waals surface area contributed by atoms with Crippen LogP contribution in [0.5, 0.6) is 0 Å². The van der Waals surface area contributed by atoms with Gasteiger partial charge in [-0.1, -0.05) is 18.2 Å². The Balaban J connectivity index is 1.99. The first-order chi connectivity index (χ1) is 8.93. The molecule has 1 aliphatic rings. The zero-order chi connectivity index (χ0) is 12.2. The van der Waals surface area contributed by atoms with Gasteiger partial charge in [0.1, 0.15) is 0 Å². The van der Waals surface area contributed by atoms with Crippen molar-refractivity contribution in [3.05, 3.63) is 66.9 Å². The first-order valence-electron chi connectivity index (χ1n) is 5.90. The maximum absolute atomic E-state index is 4.41. The molecule has 0 saturated heterocycles. The molecule has 0 fully saturated rings. The van der Waals surface area contributed by atoms with E-state index in [0.29, 0.717) is 0 Å². The van der Waals surface area contributed by atoms with Crippen LogP contribution in [-0.4, -0.2) is 16.5 Å². The van der Waals surface area contributed by atoms with Crippen molar-refractivity contribution in [2.75, 3.05) is 6.54 Å². The number of nitrogens with zero attached hydrogens (tertiary/aromatic N) is 2. The Hall–Kier alpha value is -2.42. The molecule has 2 aromatic rings. The molecule has 0 unspecified atom stereocenters. The van der Waals surface area contributed by atoms with E-state index >= 15 is 0 Å². The second kappa shape index (κ2) is 4.84. The fraction of sp³-hybridized carbons (Fsp3) is 0.0667. The highest BCUT2D eigenvalue weighted by atomic mass is 14.8. The minimum absolute atomic E-state index is 0.881. The average Bonchev–Trinajstić information content (AvgIpc) is 2.49. The lowest BCUT2D eigenvalue weighted by atomic mass is 10.0. The summed E-state index contributed by atoms with van der Waals surface area (Å²) < 4.78 is 0. The summed E-state index contributed by atoms with van der Waals surface area (Å²) in [6.45, 7) is 0.881. The van der Waals surface area contributed by atoms with Gasteiger partial charge < -0.3 is 5.32 Å². The molecule has 0 atom stereocenters. The lowest BCUT2D eigenvalue weighted by Gasteiger charge is -2.09. The topological polar surface area (TPSA) is 37.8 Å². The van der Waals surface area contributed by atoms with Gasteiger partial charge in [0.05, 0.1) is 5.69 Å². The van der Waals surface area contributed by atoms with Crippen LogP contribution in [-0.2, 0) is 0 Å². The summed E-state index contributed by atoms with van der Waals surface area (Å²) >= 11 is 0. The highest BCUT2D eigenvalue weighted by molar-refractivity contribution is 5.75. The van der Waals surface area contributed by atoms with Crippen LogP contribution in [0.2, 0.25) is 0 Å². The third kappa shape index (κ3) is 2.15. The summed E-state index contributed by atoms with van der Waals surface area (Å²) in [5, 5.41) is 3.19. The Kier molecular flexibility index (Phi) is 2.88. The normalized spacial score (nSPS) is 13.9. The first-order valence-corrected chi connectivity index (χ1v) is 5.90. The summed E-state index contributed by atoms with van der Waals surface area (Å²) in [5.41, 5.74) is 4.31. The van der Waals surface area contributed by atoms with E-state index < -0.39 is 0 Å². The first kappa shape index (κ1) is 10.7. The lowest BCUT2D eigenvalue weighted by molar-refractivity contribution is 0.974. The van der Waals surface area contributed by atoms with Crippen LogP contribution in [0, 0.1) is 0 Å². The number of rotatable bonds is 2. The highest BCUT2D eigenvalue weighted by Crippen LogP contribution is 2.22. The molecule has 3 nitrogen and oxygen atoms in total. The van der Waals surface area contributed by atoms with Gasteiger partial charge in [-0.3, -0.25) is 9.97 Å². The quantitative estimate of drug-likeness (QED) is 0.869. The molecular weight excluding hydrogens is 222 g/mol. The summed E-state index contributed by atoms with van der Waals surface area (Å²) in [4.78, 5) is 8.55. The number of dihydropyridines is 1. The van der Waals surface area contributed by atoms with Crippen molar-refractivity contribution in [2.24, 2.45) is 0 Å². The van der Waals surface area contributed by atoms with Crippen LogP contribution in [0.4, 0.5) is 0 Å². The smallest absolute Gasteiger partial charge is 0.0722 e. The van der Waals surface area contributed by atoms with Crippen molar-refractivity contribution in [1.29, 1.82) is 0 Å². The molecule has 3 rings (SSSR count). The van der Waals surface area contributed by atoms with Gasteiger partial charge in [-0.2, -0.15) is 0 Å². The van der Waals surface area contributed by atoms with E-state index in [4.69, 9.17) is 0 Å². The Bertz CT molecular complexity index is 600. The van der Waals surface area contributed by atoms with Crippen LogP contribution in [0.25, 0.3) is 16.7 Å². The van der Waals surface area contributed by atoms with E-state index in [-0.39, 0.29) is 0 Å². The van der Waals surface area contributed by atoms with Gasteiger partial charge in [0, 0.05) is 42.5 Å². The third-order valence-electron chi connectivity index (χ3n) is 2.84. The number of hydrogen-bond donors (Lipinski definition) is 1. The van der Waals surface area contributed by atoms with E-state index in [2.05, 4.69) is 39.6 Å². The van der Waals surface area contributed by atoms with E-state index in [1.165, 1.54) is 0 Å². The molecule has 0 aliphatic carbocycles. The van der Waals surface area contributed by atoms with E-state index in [1.54, 1.807) is 6.20 Å². The Morgan fingerprint density at radius 2 is 2.11 bits per heavy atom. The van der Waals surface area contributed by atoms with Gasteiger partial charge in [-0.25, -0.2) is 0 Å². The minimum Gasteiger partial charge on any atom is -0.387 e. The van der Waals surface area contributed by atoms with Crippen LogP contribution in [0.1, 0.15) is 5.69 Å². The third-order valence-corrected chi connectivity index (χ3v) is 2.84. The Labute approximate surface area is 106 Å². The van der Waals surface area contributed by atoms with Crippen molar-refractivity contribution in [3.63, 3.8) is 0 Å². The fourth-order valence-electron chi connectivity index (χ4n) is 1.93. The van der Waals surface area contributed by atoms with Gasteiger partial charge in [0.15, 0.2) is 0 Å². The zero-order valence-corrected chi connectivity index (χ0v) is 9.88. The number of aromatic nitrogens is 2. The number of hydrogen-bond acceptors (Lipinski definition) is 3. The predicted octanol–water partition coefficient (Wildman–Crippen LogP) is 2.64. The monoisotopic (exact) mass is 235 g/mol. The van der Waals surface area contributed by atoms with Crippen LogP contribution in [0.15, 0.2) is 61.2 Å². The summed E-state index contributed by atoms with van der Waals surface area (Å²) in [6, 6.07) is 8.08. The van der Waals surface area contributed by atoms with Crippen LogP contribution < -0.4 is 5.32 Å². The van der Waals surface area contributed by atoms with Crippen LogP contribution in [0.3, 0.4) is 0 Å². The molecule has 2 aromatic heterocycles. The van der Waals surface area contributed by atoms with Gasteiger partial charge >= 0.3 is 0 Å². The van der Waals surface area contributed by atoms with Crippen molar-refractivity contribution in [3.8, 4) is 11.1 Å². The average molecular weight is 235 g/mol. The summed E-state index contributed by atoms with van der Waals surface area (Å²) in [7, 11) is 0. The lowest BCUT2D eigenvalue weighted by Crippen LogP contribution is -2.09. The van der Waals surface area contributed by atoms with Crippen LogP contribution >= 0.6 is 0 Å². The molecule has 18 heavy (non-hydrogen) atoms. The van der Waals surface area contributed by atoms with Gasteiger partial charge in [0.2, 0.25) is 0 Å². The zero-order valence-electron chi connectivity index (χ0n) is 9.88. The van der Waals surface area contributed by atoms with E-state index in [1.807, 2.05) is 30.7 Å². The molecule has 0 spiro atoms. The fourth-order valence-corrected chi connectivity index (χ4v) is 1.93. The summed E-state index contributed by atoms with van der Waals surface area (Å²) in [6.07, 6.45) is 11.7. The number of pyridine rings is 2. The number of nitrogens with one attached hydrogen (secondary N) is 1. The van der Waals surface area contributed by atoms with Crippen molar-refractivity contribution in [2.45, 2.75) is 0 Å². The molecule has 1 aliphatic heterocycles. The second-order valence-corrected chi connectivity index (χ2v) is 4.08. The molecule has 3 heteroatoms. The molecule has 1 N–H and O–H groups in total. The van der Waals surface area contributed by atoms with Gasteiger partial charge in [-0.05, 0) is 23.8 Å². The van der Waals surface area contributed by atoms with Crippen molar-refractivity contribution >= 4 is 5.57 Å². The Morgan fingerprint density at radius 3 is 2.89 bits per heavy atom. The molecule has 0 radical (unpaired) electrons. The summed E-state index contributed by atoms with van der Waals surface area (Å²) in [5.74, 6) is 0. The molecule has 0 aromatic carbocycles. The molecule has 0 bridgehead atoms.